The molecule has 18 heavy (non-hydrogen) atoms. The number of pyridine rings is 1. The summed E-state index contributed by atoms with van der Waals surface area (Å²) in [5, 5.41) is 1.18. The zero-order chi connectivity index (χ0) is 12.5. The minimum atomic E-state index is 0.797. The van der Waals surface area contributed by atoms with Crippen molar-refractivity contribution in [2.75, 3.05) is 23.7 Å². The van der Waals surface area contributed by atoms with Crippen molar-refractivity contribution < 1.29 is 0 Å². The van der Waals surface area contributed by atoms with E-state index in [0.717, 1.165) is 30.2 Å². The SMILES string of the molecule is CCC1CCN(c2c(N)cnc3ccccc23)C1. The Morgan fingerprint density at radius 3 is 3.00 bits per heavy atom. The summed E-state index contributed by atoms with van der Waals surface area (Å²) >= 11 is 0. The van der Waals surface area contributed by atoms with Crippen LogP contribution < -0.4 is 10.6 Å². The molecule has 1 saturated heterocycles. The Morgan fingerprint density at radius 2 is 2.22 bits per heavy atom. The number of nitrogen functional groups attached to an aromatic ring is 1. The largest absolute Gasteiger partial charge is 0.396 e. The summed E-state index contributed by atoms with van der Waals surface area (Å²) in [6, 6.07) is 8.24. The number of rotatable bonds is 2. The molecule has 0 spiro atoms. The molecule has 1 aromatic heterocycles. The normalized spacial score (nSPS) is 19.6. The lowest BCUT2D eigenvalue weighted by Crippen LogP contribution is -2.21. The predicted octanol–water partition coefficient (Wildman–Crippen LogP) is 3.05. The summed E-state index contributed by atoms with van der Waals surface area (Å²) in [5.41, 5.74) is 9.15. The van der Waals surface area contributed by atoms with Crippen molar-refractivity contribution in [2.24, 2.45) is 5.92 Å². The van der Waals surface area contributed by atoms with E-state index in [1.54, 1.807) is 6.20 Å². The van der Waals surface area contributed by atoms with E-state index >= 15 is 0 Å². The van der Waals surface area contributed by atoms with E-state index in [-0.39, 0.29) is 0 Å². The maximum atomic E-state index is 6.15. The fourth-order valence-electron chi connectivity index (χ4n) is 2.86. The standard InChI is InChI=1S/C15H19N3/c1-2-11-7-8-18(10-11)15-12-5-3-4-6-14(12)17-9-13(15)16/h3-6,9,11H,2,7-8,10,16H2,1H3. The van der Waals surface area contributed by atoms with Crippen molar-refractivity contribution in [3.63, 3.8) is 0 Å². The van der Waals surface area contributed by atoms with Crippen molar-refractivity contribution in [3.05, 3.63) is 30.5 Å². The summed E-state index contributed by atoms with van der Waals surface area (Å²) in [6.45, 7) is 4.49. The summed E-state index contributed by atoms with van der Waals surface area (Å²) in [6.07, 6.45) is 4.31. The third kappa shape index (κ3) is 1.80. The molecular weight excluding hydrogens is 222 g/mol. The number of para-hydroxylation sites is 1. The number of nitrogens with two attached hydrogens (primary N) is 1. The molecule has 94 valence electrons. The van der Waals surface area contributed by atoms with Crippen LogP contribution in [-0.4, -0.2) is 18.1 Å². The number of anilines is 2. The van der Waals surface area contributed by atoms with Gasteiger partial charge in [-0.15, -0.1) is 0 Å². The minimum Gasteiger partial charge on any atom is -0.396 e. The maximum absolute atomic E-state index is 6.15. The van der Waals surface area contributed by atoms with E-state index in [2.05, 4.69) is 28.9 Å². The van der Waals surface area contributed by atoms with Crippen molar-refractivity contribution in [1.82, 2.24) is 4.98 Å². The monoisotopic (exact) mass is 241 g/mol. The van der Waals surface area contributed by atoms with Crippen LogP contribution in [-0.2, 0) is 0 Å². The summed E-state index contributed by atoms with van der Waals surface area (Å²) in [4.78, 5) is 6.82. The van der Waals surface area contributed by atoms with Crippen LogP contribution in [0.25, 0.3) is 10.9 Å². The number of hydrogen-bond donors (Lipinski definition) is 1. The Balaban J connectivity index is 2.08. The Morgan fingerprint density at radius 1 is 1.39 bits per heavy atom. The molecule has 1 aliphatic rings. The van der Waals surface area contributed by atoms with Crippen molar-refractivity contribution in [1.29, 1.82) is 0 Å². The Kier molecular flexibility index (Phi) is 2.82. The fraction of sp³-hybridized carbons (Fsp3) is 0.400. The molecule has 0 saturated carbocycles. The molecule has 1 unspecified atom stereocenters. The Bertz CT molecular complexity index is 565. The first-order chi connectivity index (χ1) is 8.79. The highest BCUT2D eigenvalue weighted by atomic mass is 15.2. The van der Waals surface area contributed by atoms with E-state index in [9.17, 15) is 0 Å². The second-order valence-electron chi connectivity index (χ2n) is 5.09. The van der Waals surface area contributed by atoms with E-state index in [1.807, 2.05) is 12.1 Å². The number of benzene rings is 1. The van der Waals surface area contributed by atoms with Gasteiger partial charge >= 0.3 is 0 Å². The van der Waals surface area contributed by atoms with Crippen LogP contribution in [0.5, 0.6) is 0 Å². The first-order valence-corrected chi connectivity index (χ1v) is 6.67. The summed E-state index contributed by atoms with van der Waals surface area (Å²) in [5.74, 6) is 0.802. The molecule has 0 aliphatic carbocycles. The number of aromatic nitrogens is 1. The van der Waals surface area contributed by atoms with Gasteiger partial charge in [0.25, 0.3) is 0 Å². The lowest BCUT2D eigenvalue weighted by molar-refractivity contribution is 0.569. The third-order valence-corrected chi connectivity index (χ3v) is 3.95. The van der Waals surface area contributed by atoms with Crippen molar-refractivity contribution in [3.8, 4) is 0 Å². The summed E-state index contributed by atoms with van der Waals surface area (Å²) in [7, 11) is 0. The van der Waals surface area contributed by atoms with Gasteiger partial charge in [-0.1, -0.05) is 31.5 Å². The number of fused-ring (bicyclic) bond motifs is 1. The minimum absolute atomic E-state index is 0.797. The molecule has 3 rings (SSSR count). The van der Waals surface area contributed by atoms with Crippen LogP contribution >= 0.6 is 0 Å². The molecule has 2 heterocycles. The van der Waals surface area contributed by atoms with Gasteiger partial charge in [-0.05, 0) is 18.4 Å². The lowest BCUT2D eigenvalue weighted by Gasteiger charge is -2.22. The van der Waals surface area contributed by atoms with Crippen molar-refractivity contribution in [2.45, 2.75) is 19.8 Å². The topological polar surface area (TPSA) is 42.1 Å². The molecule has 1 aliphatic heterocycles. The predicted molar refractivity (Wildman–Crippen MR) is 76.8 cm³/mol. The molecule has 1 fully saturated rings. The van der Waals surface area contributed by atoms with Gasteiger partial charge in [0, 0.05) is 18.5 Å². The molecule has 0 amide bonds. The van der Waals surface area contributed by atoms with Gasteiger partial charge in [0.15, 0.2) is 0 Å². The summed E-state index contributed by atoms with van der Waals surface area (Å²) < 4.78 is 0. The average Bonchev–Trinajstić information content (AvgIpc) is 2.87. The molecule has 1 atom stereocenters. The number of hydrogen-bond acceptors (Lipinski definition) is 3. The third-order valence-electron chi connectivity index (χ3n) is 3.95. The Hall–Kier alpha value is -1.77. The molecule has 0 radical (unpaired) electrons. The van der Waals surface area contributed by atoms with Gasteiger partial charge in [-0.3, -0.25) is 4.98 Å². The second-order valence-corrected chi connectivity index (χ2v) is 5.09. The first kappa shape index (κ1) is 11.3. The van der Waals surface area contributed by atoms with Gasteiger partial charge in [-0.2, -0.15) is 0 Å². The fourth-order valence-corrected chi connectivity index (χ4v) is 2.86. The van der Waals surface area contributed by atoms with Crippen LogP contribution in [0.2, 0.25) is 0 Å². The molecule has 1 aromatic carbocycles. The van der Waals surface area contributed by atoms with Crippen molar-refractivity contribution >= 4 is 22.3 Å². The molecular formula is C15H19N3. The molecule has 3 nitrogen and oxygen atoms in total. The van der Waals surface area contributed by atoms with Gasteiger partial charge in [0.1, 0.15) is 0 Å². The van der Waals surface area contributed by atoms with Crippen LogP contribution in [0.4, 0.5) is 11.4 Å². The van der Waals surface area contributed by atoms with E-state index in [0.29, 0.717) is 0 Å². The first-order valence-electron chi connectivity index (χ1n) is 6.67. The number of nitrogens with zero attached hydrogens (tertiary/aromatic N) is 2. The smallest absolute Gasteiger partial charge is 0.0745 e. The van der Waals surface area contributed by atoms with Gasteiger partial charge in [0.2, 0.25) is 0 Å². The van der Waals surface area contributed by atoms with Crippen LogP contribution in [0, 0.1) is 5.92 Å². The molecule has 0 bridgehead atoms. The Labute approximate surface area is 108 Å². The zero-order valence-corrected chi connectivity index (χ0v) is 10.8. The highest BCUT2D eigenvalue weighted by Crippen LogP contribution is 2.35. The average molecular weight is 241 g/mol. The van der Waals surface area contributed by atoms with Crippen LogP contribution in [0.3, 0.4) is 0 Å². The van der Waals surface area contributed by atoms with Crippen LogP contribution in [0.1, 0.15) is 19.8 Å². The highest BCUT2D eigenvalue weighted by molar-refractivity contribution is 5.97. The van der Waals surface area contributed by atoms with E-state index in [4.69, 9.17) is 5.73 Å². The quantitative estimate of drug-likeness (QED) is 0.878. The van der Waals surface area contributed by atoms with Gasteiger partial charge in [-0.25, -0.2) is 0 Å². The van der Waals surface area contributed by atoms with Crippen LogP contribution in [0.15, 0.2) is 30.5 Å². The molecule has 3 heteroatoms. The van der Waals surface area contributed by atoms with Gasteiger partial charge in [0.05, 0.1) is 23.1 Å². The zero-order valence-electron chi connectivity index (χ0n) is 10.8. The lowest BCUT2D eigenvalue weighted by atomic mass is 10.1. The van der Waals surface area contributed by atoms with E-state index < -0.39 is 0 Å². The molecule has 2 N–H and O–H groups in total. The second kappa shape index (κ2) is 4.48. The molecule has 2 aromatic rings. The highest BCUT2D eigenvalue weighted by Gasteiger charge is 2.24. The van der Waals surface area contributed by atoms with E-state index in [1.165, 1.54) is 23.9 Å². The van der Waals surface area contributed by atoms with Gasteiger partial charge < -0.3 is 10.6 Å². The maximum Gasteiger partial charge on any atom is 0.0745 e.